The number of hydrogen-bond acceptors (Lipinski definition) is 4. The molecule has 7 heteroatoms. The Morgan fingerprint density at radius 3 is 2.46 bits per heavy atom. The maximum absolute atomic E-state index is 11.6. The van der Waals surface area contributed by atoms with E-state index < -0.39 is 5.97 Å². The molecule has 1 atom stereocenters. The number of carboxylic acids is 1. The molecule has 1 aromatic heterocycles. The average Bonchev–Trinajstić information content (AvgIpc) is 3.35. The van der Waals surface area contributed by atoms with Crippen molar-refractivity contribution in [3.8, 4) is 5.75 Å². The first kappa shape index (κ1) is 26.9. The first-order valence-electron chi connectivity index (χ1n) is 13.7. The van der Waals surface area contributed by atoms with Gasteiger partial charge in [0.05, 0.1) is 37.4 Å². The van der Waals surface area contributed by atoms with E-state index in [1.807, 2.05) is 24.3 Å². The van der Waals surface area contributed by atoms with Crippen molar-refractivity contribution in [2.45, 2.75) is 12.5 Å². The number of anilines is 1. The van der Waals surface area contributed by atoms with Crippen LogP contribution in [0.5, 0.6) is 5.75 Å². The zero-order valence-electron chi connectivity index (χ0n) is 22.8. The molecule has 1 fully saturated rings. The molecule has 1 aliphatic rings. The van der Waals surface area contributed by atoms with Gasteiger partial charge >= 0.3 is 5.97 Å². The van der Waals surface area contributed by atoms with Crippen molar-refractivity contribution in [1.82, 2.24) is 4.57 Å². The third-order valence-electron chi connectivity index (χ3n) is 7.77. The molecule has 6 nitrogen and oxygen atoms in total. The van der Waals surface area contributed by atoms with Crippen LogP contribution in [-0.2, 0) is 11.2 Å². The van der Waals surface area contributed by atoms with E-state index >= 15 is 0 Å². The van der Waals surface area contributed by atoms with Gasteiger partial charge in [-0.2, -0.15) is 0 Å². The van der Waals surface area contributed by atoms with Crippen LogP contribution in [0, 0.1) is 0 Å². The highest BCUT2D eigenvalue weighted by Gasteiger charge is 2.25. The topological polar surface area (TPSA) is 63.9 Å². The zero-order valence-corrected chi connectivity index (χ0v) is 23.6. The molecule has 1 aliphatic heterocycles. The quantitative estimate of drug-likeness (QED) is 0.218. The summed E-state index contributed by atoms with van der Waals surface area (Å²) in [4.78, 5) is 14.0. The Bertz CT molecular complexity index is 1690. The smallest absolute Gasteiger partial charge is 0.335 e. The lowest BCUT2D eigenvalue weighted by atomic mass is 9.96. The number of aromatic nitrogens is 1. The summed E-state index contributed by atoms with van der Waals surface area (Å²) < 4.78 is 13.6. The molecule has 41 heavy (non-hydrogen) atoms. The van der Waals surface area contributed by atoms with Crippen LogP contribution in [0.25, 0.3) is 10.9 Å². The number of para-hydroxylation sites is 1. The fourth-order valence-corrected chi connectivity index (χ4v) is 5.98. The second kappa shape index (κ2) is 11.7. The molecule has 1 saturated heterocycles. The van der Waals surface area contributed by atoms with Crippen LogP contribution in [0.3, 0.4) is 0 Å². The highest BCUT2D eigenvalue weighted by molar-refractivity contribution is 6.31. The summed E-state index contributed by atoms with van der Waals surface area (Å²) in [5.74, 6) is -0.428. The molecule has 4 aromatic carbocycles. The van der Waals surface area contributed by atoms with Gasteiger partial charge in [-0.3, -0.25) is 0 Å². The Morgan fingerprint density at radius 2 is 1.71 bits per heavy atom. The molecule has 208 valence electrons. The van der Waals surface area contributed by atoms with Crippen molar-refractivity contribution in [3.63, 3.8) is 0 Å². The Hall–Kier alpha value is -4.26. The summed E-state index contributed by atoms with van der Waals surface area (Å²) in [6, 6.07) is 30.1. The summed E-state index contributed by atoms with van der Waals surface area (Å²) in [6.07, 6.45) is 2.78. The fraction of sp³-hybridized carbons (Fsp3) is 0.206. The van der Waals surface area contributed by atoms with Crippen LogP contribution in [-0.4, -0.2) is 49.1 Å². The van der Waals surface area contributed by atoms with E-state index in [2.05, 4.69) is 70.3 Å². The number of morpholine rings is 1. The van der Waals surface area contributed by atoms with E-state index in [0.29, 0.717) is 30.4 Å². The first-order chi connectivity index (χ1) is 20.0. The van der Waals surface area contributed by atoms with Gasteiger partial charge < -0.3 is 24.0 Å². The second-order valence-corrected chi connectivity index (χ2v) is 10.6. The third-order valence-corrected chi connectivity index (χ3v) is 8.01. The number of benzene rings is 4. The number of aromatic carboxylic acids is 1. The lowest BCUT2D eigenvalue weighted by Crippen LogP contribution is -2.37. The minimum atomic E-state index is -0.981. The Kier molecular flexibility index (Phi) is 7.68. The molecule has 0 saturated carbocycles. The van der Waals surface area contributed by atoms with Crippen molar-refractivity contribution >= 4 is 34.2 Å². The van der Waals surface area contributed by atoms with Gasteiger partial charge in [0.1, 0.15) is 5.75 Å². The molecule has 0 amide bonds. The SMILES string of the molecule is COc1cc(C(=O)O)ccc1Cc1cn(C(c2ccccc2)c2ccccc2N2CCOCC2)c2cc(Cl)ccc12. The van der Waals surface area contributed by atoms with Gasteiger partial charge in [0.25, 0.3) is 0 Å². The zero-order chi connectivity index (χ0) is 28.3. The van der Waals surface area contributed by atoms with Gasteiger partial charge in [0, 0.05) is 47.4 Å². The minimum absolute atomic E-state index is 0.110. The van der Waals surface area contributed by atoms with Gasteiger partial charge in [-0.25, -0.2) is 4.79 Å². The van der Waals surface area contributed by atoms with Crippen LogP contribution in [0.2, 0.25) is 5.02 Å². The molecule has 0 aliphatic carbocycles. The Morgan fingerprint density at radius 1 is 0.951 bits per heavy atom. The molecule has 1 unspecified atom stereocenters. The summed E-state index contributed by atoms with van der Waals surface area (Å²) >= 11 is 6.59. The van der Waals surface area contributed by atoms with E-state index in [1.165, 1.54) is 16.8 Å². The number of methoxy groups -OCH3 is 1. The number of fused-ring (bicyclic) bond motifs is 1. The molecule has 0 spiro atoms. The normalized spacial score (nSPS) is 14.2. The number of rotatable bonds is 8. The van der Waals surface area contributed by atoms with Crippen LogP contribution < -0.4 is 9.64 Å². The van der Waals surface area contributed by atoms with E-state index in [1.54, 1.807) is 19.2 Å². The van der Waals surface area contributed by atoms with Crippen LogP contribution in [0.4, 0.5) is 5.69 Å². The van der Waals surface area contributed by atoms with Crippen LogP contribution >= 0.6 is 11.6 Å². The van der Waals surface area contributed by atoms with Crippen LogP contribution in [0.1, 0.15) is 38.7 Å². The summed E-state index contributed by atoms with van der Waals surface area (Å²) in [5, 5.41) is 11.2. The molecular weight excluding hydrogens is 536 g/mol. The number of nitrogens with zero attached hydrogens (tertiary/aromatic N) is 2. The minimum Gasteiger partial charge on any atom is -0.496 e. The largest absolute Gasteiger partial charge is 0.496 e. The lowest BCUT2D eigenvalue weighted by molar-refractivity contribution is 0.0696. The number of carboxylic acid groups (broad SMARTS) is 1. The lowest BCUT2D eigenvalue weighted by Gasteiger charge is -2.33. The monoisotopic (exact) mass is 566 g/mol. The van der Waals surface area contributed by atoms with Crippen molar-refractivity contribution in [2.24, 2.45) is 0 Å². The molecule has 0 radical (unpaired) electrons. The number of ether oxygens (including phenoxy) is 2. The molecule has 2 heterocycles. The maximum atomic E-state index is 11.6. The van der Waals surface area contributed by atoms with Crippen molar-refractivity contribution in [2.75, 3.05) is 38.3 Å². The predicted molar refractivity (Wildman–Crippen MR) is 163 cm³/mol. The highest BCUT2D eigenvalue weighted by atomic mass is 35.5. The highest BCUT2D eigenvalue weighted by Crippen LogP contribution is 2.39. The van der Waals surface area contributed by atoms with Gasteiger partial charge in [0.2, 0.25) is 0 Å². The summed E-state index contributed by atoms with van der Waals surface area (Å²) in [6.45, 7) is 3.10. The molecule has 6 rings (SSSR count). The van der Waals surface area contributed by atoms with E-state index in [4.69, 9.17) is 21.1 Å². The van der Waals surface area contributed by atoms with E-state index in [9.17, 15) is 9.90 Å². The van der Waals surface area contributed by atoms with Gasteiger partial charge in [-0.05, 0) is 47.0 Å². The summed E-state index contributed by atoms with van der Waals surface area (Å²) in [7, 11) is 1.57. The number of halogens is 1. The third kappa shape index (κ3) is 5.41. The predicted octanol–water partition coefficient (Wildman–Crippen LogP) is 7.07. The van der Waals surface area contributed by atoms with E-state index in [-0.39, 0.29) is 11.6 Å². The van der Waals surface area contributed by atoms with E-state index in [0.717, 1.165) is 35.1 Å². The number of hydrogen-bond donors (Lipinski definition) is 1. The molecule has 0 bridgehead atoms. The number of carbonyl (C=O) groups is 1. The fourth-order valence-electron chi connectivity index (χ4n) is 5.82. The second-order valence-electron chi connectivity index (χ2n) is 10.2. The van der Waals surface area contributed by atoms with Crippen molar-refractivity contribution in [1.29, 1.82) is 0 Å². The Balaban J connectivity index is 1.53. The standard InChI is InChI=1S/C34H31ClN2O4/c1-40-32-20-25(34(38)39)12-11-24(32)19-26-22-37(31-21-27(35)13-14-28(26)31)33(23-7-3-2-4-8-23)29-9-5-6-10-30(29)36-15-17-41-18-16-36/h2-14,20-22,33H,15-19H2,1H3,(H,38,39). The van der Waals surface area contributed by atoms with Crippen molar-refractivity contribution in [3.05, 3.63) is 130 Å². The maximum Gasteiger partial charge on any atom is 0.335 e. The van der Waals surface area contributed by atoms with Crippen LogP contribution in [0.15, 0.2) is 97.2 Å². The van der Waals surface area contributed by atoms with Gasteiger partial charge in [-0.1, -0.05) is 72.3 Å². The first-order valence-corrected chi connectivity index (χ1v) is 14.1. The average molecular weight is 567 g/mol. The van der Waals surface area contributed by atoms with Crippen molar-refractivity contribution < 1.29 is 19.4 Å². The van der Waals surface area contributed by atoms with Gasteiger partial charge in [0.15, 0.2) is 0 Å². The molecule has 5 aromatic rings. The molecular formula is C34H31ClN2O4. The Labute approximate surface area is 244 Å². The van der Waals surface area contributed by atoms with Gasteiger partial charge in [-0.15, -0.1) is 0 Å². The summed E-state index contributed by atoms with van der Waals surface area (Å²) in [5.41, 5.74) is 6.80. The molecule has 1 N–H and O–H groups in total.